The van der Waals surface area contributed by atoms with Crippen molar-refractivity contribution in [2.75, 3.05) is 44.9 Å². The second-order valence-corrected chi connectivity index (χ2v) is 7.85. The molecule has 5 nitrogen and oxygen atoms in total. The highest BCUT2D eigenvalue weighted by atomic mass is 16.5. The van der Waals surface area contributed by atoms with Crippen LogP contribution < -0.4 is 9.64 Å². The SMILES string of the molecule is COc1ccc2c(c1)CCCN2C(c1ccccc1)C(C(C)=O)N1CCOCC1. The Morgan fingerprint density at radius 3 is 2.52 bits per heavy atom. The number of rotatable bonds is 6. The van der Waals surface area contributed by atoms with E-state index in [1.54, 1.807) is 14.0 Å². The Balaban J connectivity index is 1.79. The van der Waals surface area contributed by atoms with Crippen LogP contribution in [0.25, 0.3) is 0 Å². The van der Waals surface area contributed by atoms with E-state index in [-0.39, 0.29) is 17.9 Å². The van der Waals surface area contributed by atoms with Gasteiger partial charge in [0.15, 0.2) is 0 Å². The Bertz CT molecular complexity index is 833. The Kier molecular flexibility index (Phi) is 6.16. The molecule has 29 heavy (non-hydrogen) atoms. The molecule has 0 radical (unpaired) electrons. The number of carbonyl (C=O) groups excluding carboxylic acids is 1. The van der Waals surface area contributed by atoms with E-state index in [1.165, 1.54) is 16.8 Å². The second-order valence-electron chi connectivity index (χ2n) is 7.85. The fraction of sp³-hybridized carbons (Fsp3) is 0.458. The Morgan fingerprint density at radius 1 is 1.07 bits per heavy atom. The number of methoxy groups -OCH3 is 1. The van der Waals surface area contributed by atoms with Crippen molar-refractivity contribution in [3.05, 3.63) is 59.7 Å². The summed E-state index contributed by atoms with van der Waals surface area (Å²) in [6.45, 7) is 5.61. The first kappa shape index (κ1) is 19.9. The zero-order chi connectivity index (χ0) is 20.2. The summed E-state index contributed by atoms with van der Waals surface area (Å²) in [7, 11) is 1.71. The average molecular weight is 395 g/mol. The third-order valence-corrected chi connectivity index (χ3v) is 6.07. The molecule has 0 N–H and O–H groups in total. The van der Waals surface area contributed by atoms with Gasteiger partial charge < -0.3 is 14.4 Å². The van der Waals surface area contributed by atoms with Gasteiger partial charge in [-0.2, -0.15) is 0 Å². The lowest BCUT2D eigenvalue weighted by atomic mass is 9.90. The first-order valence-corrected chi connectivity index (χ1v) is 10.5. The molecule has 0 spiro atoms. The molecular weight excluding hydrogens is 364 g/mol. The van der Waals surface area contributed by atoms with E-state index in [9.17, 15) is 4.79 Å². The van der Waals surface area contributed by atoms with Crippen molar-refractivity contribution < 1.29 is 14.3 Å². The molecular formula is C24H30N2O3. The van der Waals surface area contributed by atoms with Crippen LogP contribution in [-0.4, -0.2) is 56.7 Å². The normalized spacial score (nSPS) is 19.3. The first-order valence-electron chi connectivity index (χ1n) is 10.5. The van der Waals surface area contributed by atoms with Crippen LogP contribution in [0.5, 0.6) is 5.75 Å². The minimum Gasteiger partial charge on any atom is -0.497 e. The van der Waals surface area contributed by atoms with Crippen molar-refractivity contribution in [2.24, 2.45) is 0 Å². The summed E-state index contributed by atoms with van der Waals surface area (Å²) in [5.74, 6) is 1.10. The number of fused-ring (bicyclic) bond motifs is 1. The number of morpholine rings is 1. The van der Waals surface area contributed by atoms with E-state index in [2.05, 4.69) is 46.2 Å². The lowest BCUT2D eigenvalue weighted by Crippen LogP contribution is -2.54. The molecule has 2 aromatic carbocycles. The summed E-state index contributed by atoms with van der Waals surface area (Å²) in [6, 6.07) is 16.6. The fourth-order valence-electron chi connectivity index (χ4n) is 4.74. The molecule has 0 amide bonds. The molecule has 1 fully saturated rings. The van der Waals surface area contributed by atoms with Crippen LogP contribution in [0.3, 0.4) is 0 Å². The first-order chi connectivity index (χ1) is 14.2. The van der Waals surface area contributed by atoms with Crippen LogP contribution in [-0.2, 0) is 16.0 Å². The number of hydrogen-bond acceptors (Lipinski definition) is 5. The molecule has 5 heteroatoms. The lowest BCUT2D eigenvalue weighted by Gasteiger charge is -2.45. The monoisotopic (exact) mass is 394 g/mol. The minimum atomic E-state index is -0.200. The van der Waals surface area contributed by atoms with Gasteiger partial charge in [-0.05, 0) is 49.1 Å². The van der Waals surface area contributed by atoms with E-state index >= 15 is 0 Å². The summed E-state index contributed by atoms with van der Waals surface area (Å²) in [6.07, 6.45) is 2.10. The van der Waals surface area contributed by atoms with E-state index < -0.39 is 0 Å². The highest BCUT2D eigenvalue weighted by molar-refractivity contribution is 5.83. The number of ketones is 1. The predicted molar refractivity (Wildman–Crippen MR) is 115 cm³/mol. The van der Waals surface area contributed by atoms with Crippen molar-refractivity contribution in [3.63, 3.8) is 0 Å². The summed E-state index contributed by atoms with van der Waals surface area (Å²) in [4.78, 5) is 17.7. The molecule has 4 rings (SSSR count). The van der Waals surface area contributed by atoms with E-state index in [0.717, 1.165) is 38.2 Å². The molecule has 2 aliphatic heterocycles. The predicted octanol–water partition coefficient (Wildman–Crippen LogP) is 3.48. The zero-order valence-electron chi connectivity index (χ0n) is 17.3. The van der Waals surface area contributed by atoms with Crippen molar-refractivity contribution in [1.29, 1.82) is 0 Å². The third kappa shape index (κ3) is 4.16. The molecule has 2 unspecified atom stereocenters. The molecule has 0 saturated carbocycles. The quantitative estimate of drug-likeness (QED) is 0.750. The maximum Gasteiger partial charge on any atom is 0.149 e. The lowest BCUT2D eigenvalue weighted by molar-refractivity contribution is -0.125. The minimum absolute atomic E-state index is 0.0285. The van der Waals surface area contributed by atoms with E-state index in [1.807, 2.05) is 12.1 Å². The van der Waals surface area contributed by atoms with Gasteiger partial charge in [-0.15, -0.1) is 0 Å². The van der Waals surface area contributed by atoms with Crippen LogP contribution >= 0.6 is 0 Å². The van der Waals surface area contributed by atoms with Crippen molar-refractivity contribution in [3.8, 4) is 5.75 Å². The number of anilines is 1. The maximum atomic E-state index is 13.0. The molecule has 0 aromatic heterocycles. The number of carbonyl (C=O) groups is 1. The van der Waals surface area contributed by atoms with Crippen LogP contribution in [0.15, 0.2) is 48.5 Å². The second kappa shape index (κ2) is 8.97. The van der Waals surface area contributed by atoms with Gasteiger partial charge in [0, 0.05) is 25.3 Å². The van der Waals surface area contributed by atoms with E-state index in [4.69, 9.17) is 9.47 Å². The van der Waals surface area contributed by atoms with Crippen molar-refractivity contribution in [1.82, 2.24) is 4.90 Å². The average Bonchev–Trinajstić information content (AvgIpc) is 2.77. The van der Waals surface area contributed by atoms with Crippen LogP contribution in [0.2, 0.25) is 0 Å². The molecule has 2 aliphatic rings. The van der Waals surface area contributed by atoms with Gasteiger partial charge >= 0.3 is 0 Å². The number of aryl methyl sites for hydroxylation is 1. The third-order valence-electron chi connectivity index (χ3n) is 6.07. The molecule has 1 saturated heterocycles. The van der Waals surface area contributed by atoms with Gasteiger partial charge in [-0.3, -0.25) is 9.69 Å². The zero-order valence-corrected chi connectivity index (χ0v) is 17.3. The number of nitrogens with zero attached hydrogens (tertiary/aromatic N) is 2. The Labute approximate surface area is 173 Å². The topological polar surface area (TPSA) is 42.0 Å². The largest absolute Gasteiger partial charge is 0.497 e. The fourth-order valence-corrected chi connectivity index (χ4v) is 4.74. The highest BCUT2D eigenvalue weighted by Gasteiger charge is 2.38. The number of ether oxygens (including phenoxy) is 2. The molecule has 2 atom stereocenters. The van der Waals surface area contributed by atoms with Gasteiger partial charge in [0.25, 0.3) is 0 Å². The molecule has 2 aromatic rings. The highest BCUT2D eigenvalue weighted by Crippen LogP contribution is 2.39. The van der Waals surface area contributed by atoms with Gasteiger partial charge in [0.2, 0.25) is 0 Å². The Morgan fingerprint density at radius 2 is 1.83 bits per heavy atom. The summed E-state index contributed by atoms with van der Waals surface area (Å²) in [5, 5.41) is 0. The molecule has 2 heterocycles. The number of hydrogen-bond donors (Lipinski definition) is 0. The smallest absolute Gasteiger partial charge is 0.149 e. The summed E-state index contributed by atoms with van der Waals surface area (Å²) < 4.78 is 11.0. The van der Waals surface area contributed by atoms with Gasteiger partial charge in [-0.25, -0.2) is 0 Å². The van der Waals surface area contributed by atoms with Crippen LogP contribution in [0, 0.1) is 0 Å². The van der Waals surface area contributed by atoms with Crippen LogP contribution in [0.1, 0.15) is 30.5 Å². The van der Waals surface area contributed by atoms with Gasteiger partial charge in [0.1, 0.15) is 11.5 Å². The van der Waals surface area contributed by atoms with Crippen molar-refractivity contribution >= 4 is 11.5 Å². The summed E-state index contributed by atoms with van der Waals surface area (Å²) >= 11 is 0. The van der Waals surface area contributed by atoms with Gasteiger partial charge in [-0.1, -0.05) is 30.3 Å². The molecule has 0 bridgehead atoms. The summed E-state index contributed by atoms with van der Waals surface area (Å²) in [5.41, 5.74) is 3.69. The van der Waals surface area contributed by atoms with Gasteiger partial charge in [0.05, 0.1) is 32.4 Å². The Hall–Kier alpha value is -2.37. The number of Topliss-reactive ketones (excluding diaryl/α,β-unsaturated/α-hetero) is 1. The van der Waals surface area contributed by atoms with E-state index in [0.29, 0.717) is 13.2 Å². The maximum absolute atomic E-state index is 13.0. The molecule has 154 valence electrons. The van der Waals surface area contributed by atoms with Crippen LogP contribution in [0.4, 0.5) is 5.69 Å². The standard InChI is InChI=1S/C24H30N2O3/c1-18(27)23(25-13-15-29-16-14-25)24(19-7-4-3-5-8-19)26-12-6-9-20-17-21(28-2)10-11-22(20)26/h3-5,7-8,10-11,17,23-24H,6,9,12-16H2,1-2H3. The molecule has 0 aliphatic carbocycles. The number of benzene rings is 2. The van der Waals surface area contributed by atoms with Crippen molar-refractivity contribution in [2.45, 2.75) is 31.8 Å².